The van der Waals surface area contributed by atoms with Crippen LogP contribution in [0.2, 0.25) is 0 Å². The summed E-state index contributed by atoms with van der Waals surface area (Å²) >= 11 is 0. The first-order chi connectivity index (χ1) is 8.58. The minimum Gasteiger partial charge on any atom is -0.299 e. The van der Waals surface area contributed by atoms with E-state index in [-0.39, 0.29) is 6.04 Å². The molecule has 0 radical (unpaired) electrons. The van der Waals surface area contributed by atoms with E-state index >= 15 is 0 Å². The number of nitriles is 1. The Hall–Kier alpha value is -0.640. The molecule has 0 aromatic carbocycles. The van der Waals surface area contributed by atoms with Crippen LogP contribution in [0.1, 0.15) is 39.0 Å². The van der Waals surface area contributed by atoms with E-state index in [1.54, 1.807) is 6.92 Å². The maximum absolute atomic E-state index is 12.1. The molecule has 102 valence electrons. The molecule has 0 spiro atoms. The number of nitrogens with one attached hydrogen (secondary N) is 1. The summed E-state index contributed by atoms with van der Waals surface area (Å²) < 4.78 is 26.9. The van der Waals surface area contributed by atoms with Crippen molar-refractivity contribution < 1.29 is 8.42 Å². The topological polar surface area (TPSA) is 73.2 Å². The van der Waals surface area contributed by atoms with Crippen LogP contribution in [0.3, 0.4) is 0 Å². The Morgan fingerprint density at radius 3 is 2.83 bits per heavy atom. The lowest BCUT2D eigenvalue weighted by atomic mass is 10.00. The third-order valence-electron chi connectivity index (χ3n) is 4.06. The molecule has 2 aliphatic heterocycles. The quantitative estimate of drug-likeness (QED) is 0.822. The standard InChI is InChI=1S/C12H21N3O2S/c1-2-10(9-13)18(16,17)14-11-6-8-15-7-4-3-5-12(11)15/h10-12,14H,2-8H2,1H3. The van der Waals surface area contributed by atoms with Gasteiger partial charge in [0, 0.05) is 18.6 Å². The minimum atomic E-state index is -3.49. The largest absolute Gasteiger partial charge is 0.299 e. The predicted octanol–water partition coefficient (Wildman–Crippen LogP) is 0.835. The van der Waals surface area contributed by atoms with Gasteiger partial charge < -0.3 is 0 Å². The van der Waals surface area contributed by atoms with E-state index in [0.29, 0.717) is 12.5 Å². The van der Waals surface area contributed by atoms with E-state index in [0.717, 1.165) is 25.9 Å². The minimum absolute atomic E-state index is 0.00213. The van der Waals surface area contributed by atoms with E-state index < -0.39 is 15.3 Å². The molecule has 0 bridgehead atoms. The molecule has 2 heterocycles. The first-order valence-electron chi connectivity index (χ1n) is 6.73. The fraction of sp³-hybridized carbons (Fsp3) is 0.917. The lowest BCUT2D eigenvalue weighted by molar-refractivity contribution is 0.186. The molecule has 2 rings (SSSR count). The normalized spacial score (nSPS) is 30.7. The van der Waals surface area contributed by atoms with Crippen molar-refractivity contribution in [3.63, 3.8) is 0 Å². The van der Waals surface area contributed by atoms with Crippen molar-refractivity contribution in [1.82, 2.24) is 9.62 Å². The Labute approximate surface area is 109 Å². The van der Waals surface area contributed by atoms with E-state index in [1.807, 2.05) is 6.07 Å². The van der Waals surface area contributed by atoms with Crippen LogP contribution in [0.15, 0.2) is 0 Å². The van der Waals surface area contributed by atoms with Gasteiger partial charge in [0.2, 0.25) is 10.0 Å². The smallest absolute Gasteiger partial charge is 0.228 e. The molecule has 0 amide bonds. The average molecular weight is 271 g/mol. The summed E-state index contributed by atoms with van der Waals surface area (Å²) in [5, 5.41) is 7.97. The van der Waals surface area contributed by atoms with Crippen LogP contribution >= 0.6 is 0 Å². The van der Waals surface area contributed by atoms with Crippen LogP contribution in [-0.4, -0.2) is 43.7 Å². The van der Waals surface area contributed by atoms with Crippen molar-refractivity contribution in [2.24, 2.45) is 0 Å². The Kier molecular flexibility index (Phi) is 4.25. The van der Waals surface area contributed by atoms with Crippen LogP contribution in [-0.2, 0) is 10.0 Å². The Morgan fingerprint density at radius 1 is 1.39 bits per heavy atom. The number of sulfonamides is 1. The Morgan fingerprint density at radius 2 is 2.17 bits per heavy atom. The molecule has 0 saturated carbocycles. The van der Waals surface area contributed by atoms with Crippen molar-refractivity contribution >= 4 is 10.0 Å². The molecule has 3 unspecified atom stereocenters. The number of hydrogen-bond donors (Lipinski definition) is 1. The second kappa shape index (κ2) is 5.55. The number of nitrogens with zero attached hydrogens (tertiary/aromatic N) is 2. The van der Waals surface area contributed by atoms with E-state index in [1.165, 1.54) is 12.8 Å². The molecule has 0 aliphatic carbocycles. The average Bonchev–Trinajstić information content (AvgIpc) is 2.73. The van der Waals surface area contributed by atoms with Gasteiger partial charge in [-0.3, -0.25) is 4.90 Å². The third-order valence-corrected chi connectivity index (χ3v) is 5.88. The van der Waals surface area contributed by atoms with Crippen LogP contribution in [0, 0.1) is 11.3 Å². The molecule has 0 aromatic rings. The van der Waals surface area contributed by atoms with Gasteiger partial charge in [-0.25, -0.2) is 13.1 Å². The molecule has 2 fully saturated rings. The lowest BCUT2D eigenvalue weighted by Gasteiger charge is -2.32. The highest BCUT2D eigenvalue weighted by Crippen LogP contribution is 2.27. The number of piperidine rings is 1. The highest BCUT2D eigenvalue weighted by molar-refractivity contribution is 7.90. The monoisotopic (exact) mass is 271 g/mol. The molecule has 2 aliphatic rings. The summed E-state index contributed by atoms with van der Waals surface area (Å²) in [7, 11) is -3.49. The van der Waals surface area contributed by atoms with Crippen LogP contribution in [0.5, 0.6) is 0 Å². The van der Waals surface area contributed by atoms with Crippen molar-refractivity contribution in [3.05, 3.63) is 0 Å². The molecular weight excluding hydrogens is 250 g/mol. The van der Waals surface area contributed by atoms with Gasteiger partial charge >= 0.3 is 0 Å². The fourth-order valence-electron chi connectivity index (χ4n) is 3.06. The molecule has 1 N–H and O–H groups in total. The van der Waals surface area contributed by atoms with Crippen molar-refractivity contribution in [3.8, 4) is 6.07 Å². The zero-order valence-corrected chi connectivity index (χ0v) is 11.6. The van der Waals surface area contributed by atoms with Gasteiger partial charge in [0.15, 0.2) is 5.25 Å². The number of hydrogen-bond acceptors (Lipinski definition) is 4. The summed E-state index contributed by atoms with van der Waals surface area (Å²) in [4.78, 5) is 2.38. The van der Waals surface area contributed by atoms with Gasteiger partial charge in [-0.15, -0.1) is 0 Å². The molecule has 18 heavy (non-hydrogen) atoms. The molecule has 6 heteroatoms. The second-order valence-electron chi connectivity index (χ2n) is 5.18. The van der Waals surface area contributed by atoms with E-state index in [4.69, 9.17) is 5.26 Å². The first-order valence-corrected chi connectivity index (χ1v) is 8.28. The third kappa shape index (κ3) is 2.68. The van der Waals surface area contributed by atoms with Gasteiger partial charge in [-0.2, -0.15) is 5.26 Å². The highest BCUT2D eigenvalue weighted by atomic mass is 32.2. The number of rotatable bonds is 4. The van der Waals surface area contributed by atoms with Gasteiger partial charge in [-0.05, 0) is 32.2 Å². The molecular formula is C12H21N3O2S. The summed E-state index contributed by atoms with van der Waals surface area (Å²) in [6, 6.07) is 2.21. The maximum atomic E-state index is 12.1. The molecule has 0 aromatic heterocycles. The fourth-order valence-corrected chi connectivity index (χ4v) is 4.50. The van der Waals surface area contributed by atoms with Gasteiger partial charge in [0.25, 0.3) is 0 Å². The van der Waals surface area contributed by atoms with Gasteiger partial charge in [-0.1, -0.05) is 13.3 Å². The first kappa shape index (κ1) is 13.8. The summed E-state index contributed by atoms with van der Waals surface area (Å²) in [6.07, 6.45) is 4.66. The molecule has 5 nitrogen and oxygen atoms in total. The van der Waals surface area contributed by atoms with E-state index in [2.05, 4.69) is 9.62 Å². The molecule has 3 atom stereocenters. The Balaban J connectivity index is 2.04. The summed E-state index contributed by atoms with van der Waals surface area (Å²) in [6.45, 7) is 3.79. The Bertz CT molecular complexity index is 429. The van der Waals surface area contributed by atoms with Crippen LogP contribution < -0.4 is 4.72 Å². The van der Waals surface area contributed by atoms with Crippen LogP contribution in [0.25, 0.3) is 0 Å². The summed E-state index contributed by atoms with van der Waals surface area (Å²) in [5.74, 6) is 0. The predicted molar refractivity (Wildman–Crippen MR) is 69.4 cm³/mol. The molecule has 2 saturated heterocycles. The van der Waals surface area contributed by atoms with Crippen molar-refractivity contribution in [2.75, 3.05) is 13.1 Å². The highest BCUT2D eigenvalue weighted by Gasteiger charge is 2.38. The zero-order valence-electron chi connectivity index (χ0n) is 10.8. The van der Waals surface area contributed by atoms with Gasteiger partial charge in [0.05, 0.1) is 6.07 Å². The van der Waals surface area contributed by atoms with E-state index in [9.17, 15) is 8.42 Å². The maximum Gasteiger partial charge on any atom is 0.228 e. The summed E-state index contributed by atoms with van der Waals surface area (Å²) in [5.41, 5.74) is 0. The SMILES string of the molecule is CCC(C#N)S(=O)(=O)NC1CCN2CCCCC12. The lowest BCUT2D eigenvalue weighted by Crippen LogP contribution is -2.48. The van der Waals surface area contributed by atoms with Crippen molar-refractivity contribution in [2.45, 2.75) is 56.4 Å². The van der Waals surface area contributed by atoms with Crippen molar-refractivity contribution in [1.29, 1.82) is 5.26 Å². The number of fused-ring (bicyclic) bond motifs is 1. The van der Waals surface area contributed by atoms with Gasteiger partial charge in [0.1, 0.15) is 0 Å². The zero-order chi connectivity index (χ0) is 13.2. The second-order valence-corrected chi connectivity index (χ2v) is 7.08. The van der Waals surface area contributed by atoms with Crippen LogP contribution in [0.4, 0.5) is 0 Å².